The number of pyridine rings is 1. The van der Waals surface area contributed by atoms with Crippen molar-refractivity contribution >= 4 is 17.0 Å². The third kappa shape index (κ3) is 3.36. The summed E-state index contributed by atoms with van der Waals surface area (Å²) >= 11 is 0. The van der Waals surface area contributed by atoms with Crippen molar-refractivity contribution in [3.05, 3.63) is 66.5 Å². The van der Waals surface area contributed by atoms with Gasteiger partial charge in [0.1, 0.15) is 0 Å². The van der Waals surface area contributed by atoms with Crippen LogP contribution >= 0.6 is 0 Å². The summed E-state index contributed by atoms with van der Waals surface area (Å²) < 4.78 is 3.66. The van der Waals surface area contributed by atoms with E-state index in [1.807, 2.05) is 55.5 Å². The Bertz CT molecular complexity index is 1250. The molecule has 1 aliphatic rings. The van der Waals surface area contributed by atoms with E-state index in [4.69, 9.17) is 0 Å². The van der Waals surface area contributed by atoms with Crippen LogP contribution in [0.1, 0.15) is 36.6 Å². The number of aryl methyl sites for hydroxylation is 2. The van der Waals surface area contributed by atoms with Crippen molar-refractivity contribution in [2.24, 2.45) is 13.0 Å². The van der Waals surface area contributed by atoms with Crippen molar-refractivity contribution in [1.29, 1.82) is 0 Å². The van der Waals surface area contributed by atoms with Crippen molar-refractivity contribution in [1.82, 2.24) is 29.4 Å². The minimum Gasteiger partial charge on any atom is -0.351 e. The maximum absolute atomic E-state index is 4.68. The zero-order chi connectivity index (χ0) is 20.8. The van der Waals surface area contributed by atoms with Gasteiger partial charge >= 0.3 is 0 Å². The van der Waals surface area contributed by atoms with E-state index in [0.29, 0.717) is 12.0 Å². The van der Waals surface area contributed by atoms with Gasteiger partial charge in [0.25, 0.3) is 0 Å². The highest BCUT2D eigenvalue weighted by Gasteiger charge is 2.28. The maximum atomic E-state index is 4.68. The molecule has 1 N–H and O–H groups in total. The molecule has 4 heterocycles. The maximum Gasteiger partial charge on any atom is 0.223 e. The summed E-state index contributed by atoms with van der Waals surface area (Å²) in [7, 11) is 1.91. The Labute approximate surface area is 175 Å². The Balaban J connectivity index is 1.45. The van der Waals surface area contributed by atoms with Crippen molar-refractivity contribution in [3.63, 3.8) is 0 Å². The molecule has 0 aliphatic heterocycles. The van der Waals surface area contributed by atoms with Crippen molar-refractivity contribution in [2.75, 3.05) is 5.32 Å². The van der Waals surface area contributed by atoms with E-state index in [1.165, 1.54) is 12.8 Å². The second kappa shape index (κ2) is 7.09. The fraction of sp³-hybridized carbons (Fsp3) is 0.304. The Kier molecular flexibility index (Phi) is 4.38. The normalized spacial score (nSPS) is 14.8. The van der Waals surface area contributed by atoms with Gasteiger partial charge in [0, 0.05) is 48.4 Å². The van der Waals surface area contributed by atoms with Crippen LogP contribution in [0.2, 0.25) is 0 Å². The monoisotopic (exact) mass is 399 g/mol. The molecule has 4 aromatic heterocycles. The van der Waals surface area contributed by atoms with Gasteiger partial charge in [0.15, 0.2) is 0 Å². The number of aromatic nitrogens is 6. The summed E-state index contributed by atoms with van der Waals surface area (Å²) in [6.45, 7) is 8.54. The zero-order valence-corrected chi connectivity index (χ0v) is 17.5. The van der Waals surface area contributed by atoms with Gasteiger partial charge in [-0.1, -0.05) is 6.58 Å². The topological polar surface area (TPSA) is 72.9 Å². The SMILES string of the molecule is C=C(c1ccn2ncc(-c3cnn(C)c3)c2c1)c1cnc(N[C@H](C)C2CC2)nc1C. The Morgan fingerprint density at radius 1 is 1.23 bits per heavy atom. The molecular formula is C23H25N7. The molecule has 0 amide bonds. The number of rotatable bonds is 6. The fourth-order valence-electron chi connectivity index (χ4n) is 3.86. The molecule has 152 valence electrons. The first-order valence-electron chi connectivity index (χ1n) is 10.3. The molecule has 0 saturated heterocycles. The van der Waals surface area contributed by atoms with E-state index in [-0.39, 0.29) is 0 Å². The highest BCUT2D eigenvalue weighted by Crippen LogP contribution is 2.34. The number of anilines is 1. The molecule has 30 heavy (non-hydrogen) atoms. The number of nitrogens with zero attached hydrogens (tertiary/aromatic N) is 6. The van der Waals surface area contributed by atoms with Crippen LogP contribution in [0.15, 0.2) is 49.7 Å². The molecule has 7 heteroatoms. The van der Waals surface area contributed by atoms with Gasteiger partial charge in [-0.05, 0) is 55.9 Å². The standard InChI is InChI=1S/C23H25N7/c1-14(20-11-24-23(28-16(20)3)27-15(2)17-5-6-17)18-7-8-30-22(9-18)21(12-26-30)19-10-25-29(4)13-19/h7-13,15,17H,1,5-6H2,2-4H3,(H,24,27,28)/t15-/m1/s1. The molecule has 0 spiro atoms. The minimum absolute atomic E-state index is 0.411. The Morgan fingerprint density at radius 2 is 2.07 bits per heavy atom. The average Bonchev–Trinajstić information content (AvgIpc) is 3.37. The van der Waals surface area contributed by atoms with Crippen LogP contribution in [0.4, 0.5) is 5.95 Å². The van der Waals surface area contributed by atoms with E-state index in [2.05, 4.69) is 45.1 Å². The van der Waals surface area contributed by atoms with E-state index in [0.717, 1.165) is 45.0 Å². The lowest BCUT2D eigenvalue weighted by Crippen LogP contribution is -2.19. The van der Waals surface area contributed by atoms with Crippen molar-refractivity contribution in [3.8, 4) is 11.1 Å². The lowest BCUT2D eigenvalue weighted by atomic mass is 9.99. The molecule has 0 bridgehead atoms. The van der Waals surface area contributed by atoms with E-state index < -0.39 is 0 Å². The number of hydrogen-bond donors (Lipinski definition) is 1. The van der Waals surface area contributed by atoms with Crippen LogP contribution in [0.5, 0.6) is 0 Å². The lowest BCUT2D eigenvalue weighted by Gasteiger charge is -2.15. The van der Waals surface area contributed by atoms with Gasteiger partial charge in [-0.3, -0.25) is 4.68 Å². The first kappa shape index (κ1) is 18.5. The second-order valence-corrected chi connectivity index (χ2v) is 8.15. The molecule has 1 saturated carbocycles. The van der Waals surface area contributed by atoms with E-state index in [9.17, 15) is 0 Å². The third-order valence-corrected chi connectivity index (χ3v) is 5.88. The Hall–Kier alpha value is -3.48. The Morgan fingerprint density at radius 3 is 2.77 bits per heavy atom. The summed E-state index contributed by atoms with van der Waals surface area (Å²) in [6, 6.07) is 4.54. The van der Waals surface area contributed by atoms with E-state index in [1.54, 1.807) is 4.68 Å². The smallest absolute Gasteiger partial charge is 0.223 e. The third-order valence-electron chi connectivity index (χ3n) is 5.88. The number of nitrogens with one attached hydrogen (secondary N) is 1. The quantitative estimate of drug-likeness (QED) is 0.528. The van der Waals surface area contributed by atoms with E-state index >= 15 is 0 Å². The number of fused-ring (bicyclic) bond motifs is 1. The van der Waals surface area contributed by atoms with Crippen LogP contribution in [0, 0.1) is 12.8 Å². The predicted octanol–water partition coefficient (Wildman–Crippen LogP) is 4.11. The molecule has 4 aromatic rings. The fourth-order valence-corrected chi connectivity index (χ4v) is 3.86. The predicted molar refractivity (Wildman–Crippen MR) is 118 cm³/mol. The van der Waals surface area contributed by atoms with Crippen LogP contribution in [-0.4, -0.2) is 35.4 Å². The summed E-state index contributed by atoms with van der Waals surface area (Å²) in [4.78, 5) is 9.22. The molecular weight excluding hydrogens is 374 g/mol. The van der Waals surface area contributed by atoms with Gasteiger partial charge in [0.2, 0.25) is 5.95 Å². The largest absolute Gasteiger partial charge is 0.351 e. The molecule has 0 radical (unpaired) electrons. The lowest BCUT2D eigenvalue weighted by molar-refractivity contribution is 0.685. The van der Waals surface area contributed by atoms with Gasteiger partial charge < -0.3 is 5.32 Å². The zero-order valence-electron chi connectivity index (χ0n) is 17.5. The van der Waals surface area contributed by atoms with Gasteiger partial charge in [-0.2, -0.15) is 10.2 Å². The number of hydrogen-bond acceptors (Lipinski definition) is 5. The summed E-state index contributed by atoms with van der Waals surface area (Å²) in [5.74, 6) is 1.44. The van der Waals surface area contributed by atoms with Gasteiger partial charge in [-0.15, -0.1) is 0 Å². The van der Waals surface area contributed by atoms with Crippen LogP contribution < -0.4 is 5.32 Å². The highest BCUT2D eigenvalue weighted by atomic mass is 15.2. The second-order valence-electron chi connectivity index (χ2n) is 8.15. The summed E-state index contributed by atoms with van der Waals surface area (Å²) in [5, 5.41) is 12.2. The molecule has 1 atom stereocenters. The average molecular weight is 400 g/mol. The van der Waals surface area contributed by atoms with Crippen LogP contribution in [0.25, 0.3) is 22.2 Å². The van der Waals surface area contributed by atoms with Crippen LogP contribution in [0.3, 0.4) is 0 Å². The summed E-state index contributed by atoms with van der Waals surface area (Å²) in [6.07, 6.45) is 12.1. The summed E-state index contributed by atoms with van der Waals surface area (Å²) in [5.41, 5.74) is 6.88. The molecule has 1 aliphatic carbocycles. The van der Waals surface area contributed by atoms with Crippen molar-refractivity contribution in [2.45, 2.75) is 32.7 Å². The molecule has 0 aromatic carbocycles. The molecule has 1 fully saturated rings. The van der Waals surface area contributed by atoms with Gasteiger partial charge in [-0.25, -0.2) is 14.5 Å². The van der Waals surface area contributed by atoms with Gasteiger partial charge in [0.05, 0.1) is 23.6 Å². The molecule has 5 rings (SSSR count). The van der Waals surface area contributed by atoms with Crippen molar-refractivity contribution < 1.29 is 0 Å². The molecule has 0 unspecified atom stereocenters. The minimum atomic E-state index is 0.411. The highest BCUT2D eigenvalue weighted by molar-refractivity contribution is 5.85. The van der Waals surface area contributed by atoms with Crippen LogP contribution in [-0.2, 0) is 7.05 Å². The first-order chi connectivity index (χ1) is 14.5. The first-order valence-corrected chi connectivity index (χ1v) is 10.3. The molecule has 7 nitrogen and oxygen atoms in total.